The first-order chi connectivity index (χ1) is 9.33. The van der Waals surface area contributed by atoms with Crippen molar-refractivity contribution in [3.63, 3.8) is 0 Å². The van der Waals surface area contributed by atoms with Gasteiger partial charge in [-0.2, -0.15) is 0 Å². The van der Waals surface area contributed by atoms with Crippen molar-refractivity contribution in [2.75, 3.05) is 12.0 Å². The third kappa shape index (κ3) is 2.71. The highest BCUT2D eigenvalue weighted by Gasteiger charge is 2.07. The second-order valence-corrected chi connectivity index (χ2v) is 4.71. The Balaban J connectivity index is 1.97. The van der Waals surface area contributed by atoms with Crippen LogP contribution in [-0.2, 0) is 6.61 Å². The Hall–Kier alpha value is -2.00. The van der Waals surface area contributed by atoms with E-state index in [1.165, 1.54) is 0 Å². The molecule has 1 aliphatic heterocycles. The van der Waals surface area contributed by atoms with Gasteiger partial charge in [0.15, 0.2) is 0 Å². The van der Waals surface area contributed by atoms with Gasteiger partial charge in [-0.3, -0.25) is 4.99 Å². The summed E-state index contributed by atoms with van der Waals surface area (Å²) in [5.74, 6) is 0.788. The third-order valence-electron chi connectivity index (χ3n) is 2.97. The molecule has 0 saturated heterocycles. The molecule has 0 bridgehead atoms. The molecule has 1 heterocycles. The van der Waals surface area contributed by atoms with Crippen LogP contribution in [0.25, 0.3) is 0 Å². The second-order valence-electron chi connectivity index (χ2n) is 4.27. The molecule has 0 unspecified atom stereocenters. The topological polar surface area (TPSA) is 33.6 Å². The summed E-state index contributed by atoms with van der Waals surface area (Å²) in [6.45, 7) is 1.00. The van der Waals surface area contributed by atoms with Crippen molar-refractivity contribution < 1.29 is 4.74 Å². The molecule has 0 aromatic heterocycles. The van der Waals surface area contributed by atoms with Gasteiger partial charge >= 0.3 is 0 Å². The van der Waals surface area contributed by atoms with E-state index in [1.54, 1.807) is 0 Å². The second kappa shape index (κ2) is 5.33. The first-order valence-electron chi connectivity index (χ1n) is 6.07. The standard InChI is InChI=1S/C15H13ClN2O/c16-13-5-6-15-14(7-13)18-10-17-8-11-3-1-2-4-12(11)9-19-15/h1-8,18H,9-10H2. The van der Waals surface area contributed by atoms with Crippen LogP contribution in [0.15, 0.2) is 47.5 Å². The molecule has 2 aromatic rings. The maximum atomic E-state index is 5.99. The molecule has 4 heteroatoms. The van der Waals surface area contributed by atoms with Crippen molar-refractivity contribution in [1.82, 2.24) is 0 Å². The summed E-state index contributed by atoms with van der Waals surface area (Å²) in [7, 11) is 0. The van der Waals surface area contributed by atoms with Crippen molar-refractivity contribution in [3.05, 3.63) is 58.6 Å². The summed E-state index contributed by atoms with van der Waals surface area (Å²) in [6, 6.07) is 13.6. The van der Waals surface area contributed by atoms with Crippen LogP contribution in [0.2, 0.25) is 5.02 Å². The van der Waals surface area contributed by atoms with Crippen LogP contribution in [0.5, 0.6) is 5.75 Å². The number of rotatable bonds is 0. The molecule has 3 rings (SSSR count). The first kappa shape index (κ1) is 12.1. The van der Waals surface area contributed by atoms with E-state index in [1.807, 2.05) is 48.7 Å². The molecule has 3 nitrogen and oxygen atoms in total. The maximum absolute atomic E-state index is 5.99. The van der Waals surface area contributed by atoms with Crippen LogP contribution in [0.1, 0.15) is 11.1 Å². The summed E-state index contributed by atoms with van der Waals surface area (Å²) in [5, 5.41) is 3.87. The molecule has 0 atom stereocenters. The lowest BCUT2D eigenvalue weighted by Crippen LogP contribution is -2.07. The number of benzene rings is 2. The Morgan fingerprint density at radius 2 is 2.05 bits per heavy atom. The number of hydrogen-bond acceptors (Lipinski definition) is 3. The van der Waals surface area contributed by atoms with Gasteiger partial charge in [-0.25, -0.2) is 0 Å². The van der Waals surface area contributed by atoms with E-state index in [2.05, 4.69) is 10.3 Å². The molecule has 0 radical (unpaired) electrons. The van der Waals surface area contributed by atoms with Gasteiger partial charge in [0.25, 0.3) is 0 Å². The molecule has 2 aromatic carbocycles. The molecular formula is C15H13ClN2O. The molecule has 1 aliphatic rings. The van der Waals surface area contributed by atoms with Crippen molar-refractivity contribution in [1.29, 1.82) is 0 Å². The number of fused-ring (bicyclic) bond motifs is 2. The number of anilines is 1. The predicted octanol–water partition coefficient (Wildman–Crippen LogP) is 3.72. The molecule has 19 heavy (non-hydrogen) atoms. The van der Waals surface area contributed by atoms with E-state index >= 15 is 0 Å². The van der Waals surface area contributed by atoms with Crippen molar-refractivity contribution in [3.8, 4) is 5.75 Å². The molecule has 0 aliphatic carbocycles. The molecular weight excluding hydrogens is 260 g/mol. The van der Waals surface area contributed by atoms with Crippen LogP contribution in [0.3, 0.4) is 0 Å². The summed E-state index contributed by atoms with van der Waals surface area (Å²) < 4.78 is 5.86. The Bertz CT molecular complexity index is 625. The van der Waals surface area contributed by atoms with E-state index in [0.29, 0.717) is 18.3 Å². The van der Waals surface area contributed by atoms with Gasteiger partial charge in [0.05, 0.1) is 5.69 Å². The summed E-state index contributed by atoms with van der Waals surface area (Å²) in [5.41, 5.74) is 3.07. The monoisotopic (exact) mass is 272 g/mol. The SMILES string of the molecule is Clc1ccc2c(c1)NCN=Cc1ccccc1CO2. The molecule has 96 valence electrons. The lowest BCUT2D eigenvalue weighted by molar-refractivity contribution is 0.307. The number of ether oxygens (including phenoxy) is 1. The van der Waals surface area contributed by atoms with Gasteiger partial charge in [-0.15, -0.1) is 0 Å². The average Bonchev–Trinajstić information content (AvgIpc) is 2.44. The van der Waals surface area contributed by atoms with Gasteiger partial charge in [0, 0.05) is 11.2 Å². The minimum absolute atomic E-state index is 0.491. The Labute approximate surface area is 116 Å². The number of nitrogens with one attached hydrogen (secondary N) is 1. The molecule has 0 amide bonds. The lowest BCUT2D eigenvalue weighted by atomic mass is 10.1. The Kier molecular flexibility index (Phi) is 3.38. The van der Waals surface area contributed by atoms with E-state index < -0.39 is 0 Å². The van der Waals surface area contributed by atoms with Crippen LogP contribution < -0.4 is 10.1 Å². The van der Waals surface area contributed by atoms with E-state index in [0.717, 1.165) is 22.6 Å². The summed E-state index contributed by atoms with van der Waals surface area (Å²) >= 11 is 5.99. The maximum Gasteiger partial charge on any atom is 0.143 e. The highest BCUT2D eigenvalue weighted by atomic mass is 35.5. The number of nitrogens with zero attached hydrogens (tertiary/aromatic N) is 1. The zero-order valence-electron chi connectivity index (χ0n) is 10.3. The molecule has 0 spiro atoms. The van der Waals surface area contributed by atoms with Crippen molar-refractivity contribution in [2.24, 2.45) is 4.99 Å². The van der Waals surface area contributed by atoms with E-state index in [-0.39, 0.29) is 0 Å². The first-order valence-corrected chi connectivity index (χ1v) is 6.45. The Morgan fingerprint density at radius 1 is 1.16 bits per heavy atom. The zero-order chi connectivity index (χ0) is 13.1. The fraction of sp³-hybridized carbons (Fsp3) is 0.133. The van der Waals surface area contributed by atoms with Crippen LogP contribution in [0.4, 0.5) is 5.69 Å². The van der Waals surface area contributed by atoms with Gasteiger partial charge in [0.2, 0.25) is 0 Å². The normalized spacial score (nSPS) is 13.7. The molecule has 0 saturated carbocycles. The fourth-order valence-electron chi connectivity index (χ4n) is 1.99. The molecule has 1 N–H and O–H groups in total. The zero-order valence-corrected chi connectivity index (χ0v) is 11.0. The smallest absolute Gasteiger partial charge is 0.143 e. The number of hydrogen-bond donors (Lipinski definition) is 1. The lowest BCUT2D eigenvalue weighted by Gasteiger charge is -2.15. The van der Waals surface area contributed by atoms with Gasteiger partial charge in [-0.05, 0) is 29.3 Å². The number of aliphatic imine (C=N–C) groups is 1. The summed E-state index contributed by atoms with van der Waals surface area (Å²) in [4.78, 5) is 4.37. The van der Waals surface area contributed by atoms with Crippen molar-refractivity contribution in [2.45, 2.75) is 6.61 Å². The minimum atomic E-state index is 0.491. The number of halogens is 1. The fourth-order valence-corrected chi connectivity index (χ4v) is 2.16. The third-order valence-corrected chi connectivity index (χ3v) is 3.21. The summed E-state index contributed by atoms with van der Waals surface area (Å²) in [6.07, 6.45) is 1.86. The van der Waals surface area contributed by atoms with Crippen LogP contribution >= 0.6 is 11.6 Å². The van der Waals surface area contributed by atoms with Gasteiger partial charge < -0.3 is 10.1 Å². The predicted molar refractivity (Wildman–Crippen MR) is 78.3 cm³/mol. The quantitative estimate of drug-likeness (QED) is 0.793. The largest absolute Gasteiger partial charge is 0.487 e. The highest BCUT2D eigenvalue weighted by molar-refractivity contribution is 6.30. The van der Waals surface area contributed by atoms with Crippen molar-refractivity contribution >= 4 is 23.5 Å². The van der Waals surface area contributed by atoms with E-state index in [4.69, 9.17) is 16.3 Å². The van der Waals surface area contributed by atoms with Crippen LogP contribution in [-0.4, -0.2) is 12.9 Å². The van der Waals surface area contributed by atoms with E-state index in [9.17, 15) is 0 Å². The highest BCUT2D eigenvalue weighted by Crippen LogP contribution is 2.29. The minimum Gasteiger partial charge on any atom is -0.487 e. The van der Waals surface area contributed by atoms with Crippen LogP contribution in [0, 0.1) is 0 Å². The van der Waals surface area contributed by atoms with Gasteiger partial charge in [0.1, 0.15) is 19.0 Å². The average molecular weight is 273 g/mol. The Morgan fingerprint density at radius 3 is 3.00 bits per heavy atom. The van der Waals surface area contributed by atoms with Gasteiger partial charge in [-0.1, -0.05) is 35.9 Å². The molecule has 0 fully saturated rings.